The summed E-state index contributed by atoms with van der Waals surface area (Å²) in [6, 6.07) is 0. The van der Waals surface area contributed by atoms with Crippen molar-refractivity contribution in [3.05, 3.63) is 12.2 Å². The fraction of sp³-hybridized carbons (Fsp3) is 0.727. The van der Waals surface area contributed by atoms with Crippen LogP contribution in [0.2, 0.25) is 0 Å². The van der Waals surface area contributed by atoms with E-state index in [0.717, 1.165) is 0 Å². The van der Waals surface area contributed by atoms with Gasteiger partial charge in [0.1, 0.15) is 0 Å². The van der Waals surface area contributed by atoms with E-state index in [1.54, 1.807) is 12.2 Å². The Bertz CT molecular complexity index is 701. The minimum atomic E-state index is -1.22. The predicted octanol–water partition coefficient (Wildman–Crippen LogP) is 2.05. The minimum Gasteiger partial charge on any atom is -0.481 e. The van der Waals surface area contributed by atoms with E-state index < -0.39 is 70.3 Å². The number of nitrogens with one attached hydrogen (secondary N) is 2. The molecule has 4 atom stereocenters. The Balaban J connectivity index is 2.50. The van der Waals surface area contributed by atoms with Gasteiger partial charge < -0.3 is 20.8 Å². The number of carbonyl (C=O) groups is 4. The molecule has 168 valence electrons. The number of rotatable bonds is 8. The Labute approximate surface area is 177 Å². The summed E-state index contributed by atoms with van der Waals surface area (Å²) in [6.45, 7) is 11.2. The summed E-state index contributed by atoms with van der Waals surface area (Å²) in [5, 5.41) is 25.5. The van der Waals surface area contributed by atoms with Crippen molar-refractivity contribution in [2.24, 2.45) is 35.5 Å². The van der Waals surface area contributed by atoms with Gasteiger partial charge in [-0.15, -0.1) is 0 Å². The molecule has 3 aliphatic rings. The molecule has 30 heavy (non-hydrogen) atoms. The molecule has 4 N–H and O–H groups in total. The van der Waals surface area contributed by atoms with E-state index in [1.807, 2.05) is 41.5 Å². The highest BCUT2D eigenvalue weighted by molar-refractivity contribution is 5.92. The van der Waals surface area contributed by atoms with E-state index in [0.29, 0.717) is 12.8 Å². The lowest BCUT2D eigenvalue weighted by Crippen LogP contribution is -2.62. The maximum atomic E-state index is 13.2. The van der Waals surface area contributed by atoms with Crippen molar-refractivity contribution in [2.75, 3.05) is 0 Å². The molecule has 0 radical (unpaired) electrons. The SMILES string of the molecule is CCC(C)(C)NC(=O)C1C2C=CC(C1C(=O)O)C(C(=O)O)C2C(=O)NC(C)(C)CC. The van der Waals surface area contributed by atoms with E-state index in [1.165, 1.54) is 0 Å². The first-order valence-corrected chi connectivity index (χ1v) is 10.5. The third kappa shape index (κ3) is 4.52. The second kappa shape index (κ2) is 8.40. The highest BCUT2D eigenvalue weighted by atomic mass is 16.4. The molecule has 0 aromatic heterocycles. The van der Waals surface area contributed by atoms with Gasteiger partial charge in [-0.1, -0.05) is 26.0 Å². The third-order valence-corrected chi connectivity index (χ3v) is 6.85. The molecular formula is C22H34N2O6. The van der Waals surface area contributed by atoms with Crippen LogP contribution in [0.1, 0.15) is 54.4 Å². The Morgan fingerprint density at radius 2 is 1.00 bits per heavy atom. The van der Waals surface area contributed by atoms with E-state index in [9.17, 15) is 29.4 Å². The van der Waals surface area contributed by atoms with Crippen LogP contribution in [0.3, 0.4) is 0 Å². The number of aliphatic carboxylic acids is 2. The van der Waals surface area contributed by atoms with Gasteiger partial charge in [0, 0.05) is 22.9 Å². The summed E-state index contributed by atoms with van der Waals surface area (Å²) in [7, 11) is 0. The molecule has 2 bridgehead atoms. The van der Waals surface area contributed by atoms with Crippen LogP contribution in [0.5, 0.6) is 0 Å². The normalized spacial score (nSPS) is 30.6. The third-order valence-electron chi connectivity index (χ3n) is 6.85. The maximum Gasteiger partial charge on any atom is 0.307 e. The second-order valence-corrected chi connectivity index (χ2v) is 9.77. The maximum absolute atomic E-state index is 13.2. The Hall–Kier alpha value is -2.38. The van der Waals surface area contributed by atoms with Gasteiger partial charge in [0.25, 0.3) is 0 Å². The van der Waals surface area contributed by atoms with E-state index in [-0.39, 0.29) is 0 Å². The van der Waals surface area contributed by atoms with Crippen molar-refractivity contribution >= 4 is 23.8 Å². The van der Waals surface area contributed by atoms with Crippen LogP contribution < -0.4 is 10.6 Å². The van der Waals surface area contributed by atoms with Crippen molar-refractivity contribution in [1.82, 2.24) is 10.6 Å². The Kier molecular flexibility index (Phi) is 6.69. The first-order valence-electron chi connectivity index (χ1n) is 10.5. The lowest BCUT2D eigenvalue weighted by Gasteiger charge is -2.50. The van der Waals surface area contributed by atoms with Gasteiger partial charge in [-0.2, -0.15) is 0 Å². The van der Waals surface area contributed by atoms with Crippen LogP contribution in [0, 0.1) is 35.5 Å². The van der Waals surface area contributed by atoms with Crippen molar-refractivity contribution in [2.45, 2.75) is 65.5 Å². The topological polar surface area (TPSA) is 133 Å². The second-order valence-electron chi connectivity index (χ2n) is 9.77. The molecule has 0 heterocycles. The number of carboxylic acids is 2. The molecule has 8 heteroatoms. The number of allylic oxidation sites excluding steroid dienone is 2. The number of amides is 2. The van der Waals surface area contributed by atoms with Crippen LogP contribution in [-0.2, 0) is 19.2 Å². The molecular weight excluding hydrogens is 388 g/mol. The molecule has 0 aromatic rings. The highest BCUT2D eigenvalue weighted by Crippen LogP contribution is 2.52. The van der Waals surface area contributed by atoms with E-state index in [4.69, 9.17) is 0 Å². The number of fused-ring (bicyclic) bond motifs is 2. The molecule has 0 aliphatic heterocycles. The smallest absolute Gasteiger partial charge is 0.307 e. The number of carbonyl (C=O) groups excluding carboxylic acids is 2. The molecule has 1 fully saturated rings. The summed E-state index contributed by atoms with van der Waals surface area (Å²) < 4.78 is 0. The number of carboxylic acid groups (broad SMARTS) is 2. The van der Waals surface area contributed by atoms with Crippen molar-refractivity contribution in [3.63, 3.8) is 0 Å². The Morgan fingerprint density at radius 1 is 0.700 bits per heavy atom. The summed E-state index contributed by atoms with van der Waals surface area (Å²) in [4.78, 5) is 50.6. The molecule has 3 aliphatic carbocycles. The molecule has 0 aromatic carbocycles. The predicted molar refractivity (Wildman–Crippen MR) is 110 cm³/mol. The average molecular weight is 423 g/mol. The lowest BCUT2D eigenvalue weighted by molar-refractivity contribution is -0.169. The van der Waals surface area contributed by atoms with E-state index in [2.05, 4.69) is 10.6 Å². The molecule has 8 nitrogen and oxygen atoms in total. The van der Waals surface area contributed by atoms with Crippen LogP contribution in [-0.4, -0.2) is 45.0 Å². The van der Waals surface area contributed by atoms with Gasteiger partial charge in [-0.05, 0) is 40.5 Å². The minimum absolute atomic E-state index is 0.454. The van der Waals surface area contributed by atoms with Crippen LogP contribution in [0.25, 0.3) is 0 Å². The molecule has 3 rings (SSSR count). The number of hydrogen-bond donors (Lipinski definition) is 4. The number of hydrogen-bond acceptors (Lipinski definition) is 4. The molecule has 4 unspecified atom stereocenters. The zero-order valence-electron chi connectivity index (χ0n) is 18.6. The van der Waals surface area contributed by atoms with Crippen molar-refractivity contribution < 1.29 is 29.4 Å². The lowest BCUT2D eigenvalue weighted by atomic mass is 9.52. The quantitative estimate of drug-likeness (QED) is 0.443. The molecule has 0 spiro atoms. The first-order chi connectivity index (χ1) is 13.8. The molecule has 0 saturated heterocycles. The van der Waals surface area contributed by atoms with Crippen LogP contribution in [0.4, 0.5) is 0 Å². The van der Waals surface area contributed by atoms with Crippen molar-refractivity contribution in [3.8, 4) is 0 Å². The summed E-state index contributed by atoms with van der Waals surface area (Å²) in [5.74, 6) is -9.52. The molecule has 1 saturated carbocycles. The average Bonchev–Trinajstić information content (AvgIpc) is 2.65. The van der Waals surface area contributed by atoms with Gasteiger partial charge in [0.2, 0.25) is 11.8 Å². The van der Waals surface area contributed by atoms with Crippen LogP contribution in [0.15, 0.2) is 12.2 Å². The van der Waals surface area contributed by atoms with Gasteiger partial charge >= 0.3 is 11.9 Å². The highest BCUT2D eigenvalue weighted by Gasteiger charge is 2.61. The zero-order chi connectivity index (χ0) is 23.0. The van der Waals surface area contributed by atoms with Crippen LogP contribution >= 0.6 is 0 Å². The zero-order valence-corrected chi connectivity index (χ0v) is 18.6. The largest absolute Gasteiger partial charge is 0.481 e. The fourth-order valence-electron chi connectivity index (χ4n) is 4.46. The summed E-state index contributed by atoms with van der Waals surface area (Å²) >= 11 is 0. The standard InChI is InChI=1S/C22H34N2O6/c1-7-21(3,4)23-17(25)13-11-9-10-12(15(13)19(27)28)16(20(29)30)14(11)18(26)24-22(5,6)8-2/h9-16H,7-8H2,1-6H3,(H,23,25)(H,24,26)(H,27,28)(H,29,30). The van der Waals surface area contributed by atoms with Gasteiger partial charge in [-0.25, -0.2) is 0 Å². The van der Waals surface area contributed by atoms with Gasteiger partial charge in [0.15, 0.2) is 0 Å². The summed E-state index contributed by atoms with van der Waals surface area (Å²) in [5.41, 5.74) is -1.09. The molecule has 2 amide bonds. The van der Waals surface area contributed by atoms with Gasteiger partial charge in [-0.3, -0.25) is 19.2 Å². The first kappa shape index (κ1) is 23.9. The van der Waals surface area contributed by atoms with E-state index >= 15 is 0 Å². The van der Waals surface area contributed by atoms with Gasteiger partial charge in [0.05, 0.1) is 23.7 Å². The fourth-order valence-corrected chi connectivity index (χ4v) is 4.46. The van der Waals surface area contributed by atoms with Crippen molar-refractivity contribution in [1.29, 1.82) is 0 Å². The monoisotopic (exact) mass is 422 g/mol. The Morgan fingerprint density at radius 3 is 1.27 bits per heavy atom. The summed E-state index contributed by atoms with van der Waals surface area (Å²) in [6.07, 6.45) is 4.50.